The van der Waals surface area contributed by atoms with Gasteiger partial charge in [-0.2, -0.15) is 0 Å². The molecule has 1 aromatic carbocycles. The molecule has 3 nitrogen and oxygen atoms in total. The van der Waals surface area contributed by atoms with Crippen molar-refractivity contribution >= 4 is 17.7 Å². The number of alkyl carbamates (subject to hydrolysis) is 1. The topological polar surface area (TPSA) is 38.3 Å². The minimum atomic E-state index is -0.492. The second kappa shape index (κ2) is 6.64. The first-order valence-corrected chi connectivity index (χ1v) is 6.53. The number of amides is 1. The van der Waals surface area contributed by atoms with E-state index < -0.39 is 11.7 Å². The number of ether oxygens (including phenoxy) is 1. The largest absolute Gasteiger partial charge is 0.444 e. The lowest BCUT2D eigenvalue weighted by molar-refractivity contribution is 0.0509. The first-order chi connectivity index (χ1) is 8.40. The average molecular weight is 270 g/mol. The molecule has 0 saturated carbocycles. The van der Waals surface area contributed by atoms with Gasteiger partial charge >= 0.3 is 6.09 Å². The standard InChI is InChI=1S/C14H20ClNO2/c1-14(2,3)18-13(17)16-12(10-15)9-11-7-5-4-6-8-11/h4-8,12H,9-10H2,1-3H3,(H,16,17)/t12-/m0/s1. The van der Waals surface area contributed by atoms with E-state index in [0.717, 1.165) is 5.56 Å². The molecule has 0 unspecified atom stereocenters. The molecule has 1 atom stereocenters. The van der Waals surface area contributed by atoms with Crippen LogP contribution in [-0.4, -0.2) is 23.6 Å². The summed E-state index contributed by atoms with van der Waals surface area (Å²) in [5, 5.41) is 2.78. The summed E-state index contributed by atoms with van der Waals surface area (Å²) in [6.45, 7) is 5.50. The van der Waals surface area contributed by atoms with Gasteiger partial charge in [0.1, 0.15) is 5.60 Å². The van der Waals surface area contributed by atoms with Gasteiger partial charge in [-0.3, -0.25) is 0 Å². The molecule has 18 heavy (non-hydrogen) atoms. The molecule has 4 heteroatoms. The molecule has 0 bridgehead atoms. The van der Waals surface area contributed by atoms with E-state index in [9.17, 15) is 4.79 Å². The van der Waals surface area contributed by atoms with Crippen molar-refractivity contribution in [2.45, 2.75) is 38.8 Å². The minimum Gasteiger partial charge on any atom is -0.444 e. The third-order valence-electron chi connectivity index (χ3n) is 2.23. The second-order valence-electron chi connectivity index (χ2n) is 5.19. The van der Waals surface area contributed by atoms with Crippen LogP contribution >= 0.6 is 11.6 Å². The normalized spacial score (nSPS) is 12.9. The van der Waals surface area contributed by atoms with Crippen LogP contribution in [-0.2, 0) is 11.2 Å². The van der Waals surface area contributed by atoms with Gasteiger partial charge in [-0.15, -0.1) is 11.6 Å². The molecule has 0 aliphatic rings. The monoisotopic (exact) mass is 269 g/mol. The lowest BCUT2D eigenvalue weighted by Gasteiger charge is -2.22. The van der Waals surface area contributed by atoms with Crippen LogP contribution in [0.4, 0.5) is 4.79 Å². The van der Waals surface area contributed by atoms with Crippen molar-refractivity contribution in [1.29, 1.82) is 0 Å². The summed E-state index contributed by atoms with van der Waals surface area (Å²) in [6.07, 6.45) is 0.271. The molecule has 0 aromatic heterocycles. The van der Waals surface area contributed by atoms with E-state index in [4.69, 9.17) is 16.3 Å². The highest BCUT2D eigenvalue weighted by Crippen LogP contribution is 2.09. The maximum absolute atomic E-state index is 11.6. The fourth-order valence-electron chi connectivity index (χ4n) is 1.52. The van der Waals surface area contributed by atoms with Gasteiger partial charge in [-0.25, -0.2) is 4.79 Å². The predicted molar refractivity (Wildman–Crippen MR) is 74.0 cm³/mol. The summed E-state index contributed by atoms with van der Waals surface area (Å²) in [4.78, 5) is 11.6. The van der Waals surface area contributed by atoms with Gasteiger partial charge < -0.3 is 10.1 Å². The molecule has 1 N–H and O–H groups in total. The number of carbonyl (C=O) groups is 1. The van der Waals surface area contributed by atoms with Gasteiger partial charge in [-0.1, -0.05) is 30.3 Å². The summed E-state index contributed by atoms with van der Waals surface area (Å²) in [5.41, 5.74) is 0.646. The SMILES string of the molecule is CC(C)(C)OC(=O)N[C@H](CCl)Cc1ccccc1. The Labute approximate surface area is 113 Å². The number of rotatable bonds is 4. The molecule has 1 rings (SSSR count). The highest BCUT2D eigenvalue weighted by molar-refractivity contribution is 6.18. The summed E-state index contributed by atoms with van der Waals surface area (Å²) in [6, 6.07) is 9.79. The lowest BCUT2D eigenvalue weighted by atomic mass is 10.1. The second-order valence-corrected chi connectivity index (χ2v) is 5.50. The number of hydrogen-bond donors (Lipinski definition) is 1. The fourth-order valence-corrected chi connectivity index (χ4v) is 1.70. The molecule has 0 spiro atoms. The fraction of sp³-hybridized carbons (Fsp3) is 0.500. The molecule has 1 amide bonds. The first-order valence-electron chi connectivity index (χ1n) is 6.00. The Morgan fingerprint density at radius 3 is 2.44 bits per heavy atom. The van der Waals surface area contributed by atoms with Crippen LogP contribution in [0.3, 0.4) is 0 Å². The molecule has 0 aliphatic carbocycles. The molecular weight excluding hydrogens is 250 g/mol. The van der Waals surface area contributed by atoms with Gasteiger partial charge in [0.25, 0.3) is 0 Å². The van der Waals surface area contributed by atoms with Crippen molar-refractivity contribution in [3.63, 3.8) is 0 Å². The summed E-state index contributed by atoms with van der Waals surface area (Å²) < 4.78 is 5.20. The third kappa shape index (κ3) is 5.92. The Bertz CT molecular complexity index is 373. The highest BCUT2D eigenvalue weighted by Gasteiger charge is 2.19. The smallest absolute Gasteiger partial charge is 0.407 e. The van der Waals surface area contributed by atoms with Crippen molar-refractivity contribution < 1.29 is 9.53 Å². The van der Waals surface area contributed by atoms with Crippen LogP contribution in [0.5, 0.6) is 0 Å². The van der Waals surface area contributed by atoms with Crippen molar-refractivity contribution in [2.24, 2.45) is 0 Å². The molecule has 0 radical (unpaired) electrons. The van der Waals surface area contributed by atoms with E-state index in [1.54, 1.807) is 0 Å². The van der Waals surface area contributed by atoms with Crippen molar-refractivity contribution in [1.82, 2.24) is 5.32 Å². The van der Waals surface area contributed by atoms with E-state index in [1.165, 1.54) is 0 Å². The Hall–Kier alpha value is -1.22. The summed E-state index contributed by atoms with van der Waals surface area (Å²) in [7, 11) is 0. The molecule has 0 heterocycles. The molecule has 0 saturated heterocycles. The van der Waals surface area contributed by atoms with Crippen LogP contribution in [0.15, 0.2) is 30.3 Å². The Balaban J connectivity index is 2.50. The van der Waals surface area contributed by atoms with Crippen LogP contribution in [0.2, 0.25) is 0 Å². The van der Waals surface area contributed by atoms with E-state index in [1.807, 2.05) is 51.1 Å². The van der Waals surface area contributed by atoms with Gasteiger partial charge in [0.15, 0.2) is 0 Å². The van der Waals surface area contributed by atoms with E-state index in [-0.39, 0.29) is 6.04 Å². The van der Waals surface area contributed by atoms with Crippen LogP contribution in [0, 0.1) is 0 Å². The van der Waals surface area contributed by atoms with Crippen LogP contribution in [0.1, 0.15) is 26.3 Å². The van der Waals surface area contributed by atoms with Crippen LogP contribution < -0.4 is 5.32 Å². The Morgan fingerprint density at radius 1 is 1.33 bits per heavy atom. The third-order valence-corrected chi connectivity index (χ3v) is 2.60. The number of carbonyl (C=O) groups excluding carboxylic acids is 1. The van der Waals surface area contributed by atoms with Gasteiger partial charge in [-0.05, 0) is 32.8 Å². The van der Waals surface area contributed by atoms with Gasteiger partial charge in [0, 0.05) is 11.9 Å². The van der Waals surface area contributed by atoms with E-state index in [0.29, 0.717) is 12.3 Å². The maximum Gasteiger partial charge on any atom is 0.407 e. The van der Waals surface area contributed by atoms with E-state index >= 15 is 0 Å². The quantitative estimate of drug-likeness (QED) is 0.851. The number of alkyl halides is 1. The predicted octanol–water partition coefficient (Wildman–Crippen LogP) is 3.36. The van der Waals surface area contributed by atoms with Gasteiger partial charge in [0.2, 0.25) is 0 Å². The number of nitrogens with one attached hydrogen (secondary N) is 1. The molecule has 0 aliphatic heterocycles. The average Bonchev–Trinajstić information content (AvgIpc) is 2.27. The van der Waals surface area contributed by atoms with Crippen molar-refractivity contribution in [2.75, 3.05) is 5.88 Å². The minimum absolute atomic E-state index is 0.121. The molecule has 100 valence electrons. The zero-order valence-electron chi connectivity index (χ0n) is 11.1. The number of hydrogen-bond acceptors (Lipinski definition) is 2. The summed E-state index contributed by atoms with van der Waals surface area (Å²) >= 11 is 5.86. The molecular formula is C14H20ClNO2. The highest BCUT2D eigenvalue weighted by atomic mass is 35.5. The van der Waals surface area contributed by atoms with Crippen molar-refractivity contribution in [3.05, 3.63) is 35.9 Å². The summed E-state index contributed by atoms with van der Waals surface area (Å²) in [5.74, 6) is 0.355. The number of benzene rings is 1. The van der Waals surface area contributed by atoms with Crippen molar-refractivity contribution in [3.8, 4) is 0 Å². The Kier molecular flexibility index (Phi) is 5.48. The zero-order chi connectivity index (χ0) is 13.6. The first kappa shape index (κ1) is 14.8. The number of halogens is 1. The molecule has 0 fully saturated rings. The molecule has 1 aromatic rings. The lowest BCUT2D eigenvalue weighted by Crippen LogP contribution is -2.41. The van der Waals surface area contributed by atoms with Crippen LogP contribution in [0.25, 0.3) is 0 Å². The maximum atomic E-state index is 11.6. The Morgan fingerprint density at radius 2 is 1.94 bits per heavy atom. The zero-order valence-corrected chi connectivity index (χ0v) is 11.8. The van der Waals surface area contributed by atoms with Gasteiger partial charge in [0.05, 0.1) is 0 Å². The van der Waals surface area contributed by atoms with E-state index in [2.05, 4.69) is 5.32 Å².